The number of nitrogens with zero attached hydrogens (tertiary/aromatic N) is 3. The van der Waals surface area contributed by atoms with Gasteiger partial charge in [-0.1, -0.05) is 12.1 Å². The van der Waals surface area contributed by atoms with Crippen molar-refractivity contribution in [3.05, 3.63) is 47.8 Å². The van der Waals surface area contributed by atoms with Gasteiger partial charge in [0.25, 0.3) is 0 Å². The Morgan fingerprint density at radius 2 is 1.96 bits per heavy atom. The second-order valence-corrected chi connectivity index (χ2v) is 7.20. The fraction of sp³-hybridized carbons (Fsp3) is 0.421. The highest BCUT2D eigenvalue weighted by atomic mass is 32.2. The van der Waals surface area contributed by atoms with Crippen LogP contribution in [0.5, 0.6) is 0 Å². The molecule has 25 heavy (non-hydrogen) atoms. The molecule has 1 aliphatic heterocycles. The average molecular weight is 356 g/mol. The van der Waals surface area contributed by atoms with E-state index in [1.807, 2.05) is 13.0 Å². The molecule has 0 atom stereocenters. The summed E-state index contributed by atoms with van der Waals surface area (Å²) in [5, 5.41) is 3.07. The van der Waals surface area contributed by atoms with Gasteiger partial charge in [-0.15, -0.1) is 11.8 Å². The van der Waals surface area contributed by atoms with Crippen LogP contribution in [0.1, 0.15) is 24.1 Å². The molecule has 1 fully saturated rings. The molecular formula is C19H24N4OS. The number of carbonyl (C=O) groups excluding carboxylic acids is 1. The van der Waals surface area contributed by atoms with Gasteiger partial charge in [-0.2, -0.15) is 0 Å². The van der Waals surface area contributed by atoms with Gasteiger partial charge in [-0.05, 0) is 49.8 Å². The van der Waals surface area contributed by atoms with Gasteiger partial charge in [0, 0.05) is 42.3 Å². The lowest BCUT2D eigenvalue weighted by Gasteiger charge is -2.31. The Balaban J connectivity index is 1.48. The van der Waals surface area contributed by atoms with Crippen molar-refractivity contribution in [1.82, 2.24) is 15.3 Å². The minimum absolute atomic E-state index is 0.0755. The Kier molecular flexibility index (Phi) is 5.91. The third kappa shape index (κ3) is 4.72. The van der Waals surface area contributed by atoms with E-state index in [2.05, 4.69) is 50.7 Å². The van der Waals surface area contributed by atoms with Gasteiger partial charge in [0.05, 0.1) is 0 Å². The molecule has 2 heterocycles. The van der Waals surface area contributed by atoms with Gasteiger partial charge in [0.2, 0.25) is 11.9 Å². The van der Waals surface area contributed by atoms with E-state index in [1.165, 1.54) is 4.90 Å². The molecule has 3 rings (SSSR count). The Hall–Kier alpha value is -2.08. The summed E-state index contributed by atoms with van der Waals surface area (Å²) in [6, 6.07) is 10.2. The summed E-state index contributed by atoms with van der Waals surface area (Å²) in [5.41, 5.74) is 2.11. The van der Waals surface area contributed by atoms with Crippen LogP contribution in [-0.4, -0.2) is 35.2 Å². The Morgan fingerprint density at radius 1 is 1.24 bits per heavy atom. The fourth-order valence-corrected chi connectivity index (χ4v) is 3.41. The molecule has 1 amide bonds. The number of benzene rings is 1. The number of hydrogen-bond donors (Lipinski definition) is 1. The van der Waals surface area contributed by atoms with E-state index in [9.17, 15) is 4.79 Å². The molecule has 1 saturated heterocycles. The Bertz CT molecular complexity index is 712. The number of anilines is 1. The van der Waals surface area contributed by atoms with Gasteiger partial charge in [0.1, 0.15) is 0 Å². The number of amides is 1. The molecule has 0 spiro atoms. The zero-order valence-corrected chi connectivity index (χ0v) is 15.6. The molecule has 0 aliphatic carbocycles. The highest BCUT2D eigenvalue weighted by Crippen LogP contribution is 2.21. The van der Waals surface area contributed by atoms with Crippen LogP contribution in [0.4, 0.5) is 5.95 Å². The standard InChI is InChI=1S/C19H24N4OS/c1-14-7-10-20-19(22-14)23-11-8-16(9-12-23)18(24)21-13-15-3-5-17(25-2)6-4-15/h3-7,10,16H,8-9,11-13H2,1-2H3,(H,21,24). The monoisotopic (exact) mass is 356 g/mol. The molecular weight excluding hydrogens is 332 g/mol. The second kappa shape index (κ2) is 8.34. The lowest BCUT2D eigenvalue weighted by molar-refractivity contribution is -0.125. The van der Waals surface area contributed by atoms with E-state index in [0.29, 0.717) is 6.54 Å². The molecule has 0 saturated carbocycles. The Labute approximate surface area is 153 Å². The molecule has 132 valence electrons. The molecule has 0 bridgehead atoms. The number of thioether (sulfide) groups is 1. The van der Waals surface area contributed by atoms with Crippen molar-refractivity contribution in [1.29, 1.82) is 0 Å². The third-order valence-electron chi connectivity index (χ3n) is 4.56. The van der Waals surface area contributed by atoms with Crippen LogP contribution in [0.25, 0.3) is 0 Å². The molecule has 1 aromatic heterocycles. The molecule has 1 N–H and O–H groups in total. The number of carbonyl (C=O) groups is 1. The maximum atomic E-state index is 12.4. The number of nitrogens with one attached hydrogen (secondary N) is 1. The molecule has 2 aromatic rings. The van der Waals surface area contributed by atoms with Crippen LogP contribution in [-0.2, 0) is 11.3 Å². The van der Waals surface area contributed by atoms with E-state index in [4.69, 9.17) is 0 Å². The summed E-state index contributed by atoms with van der Waals surface area (Å²) in [5.74, 6) is 0.998. The molecule has 1 aromatic carbocycles. The van der Waals surface area contributed by atoms with Crippen LogP contribution < -0.4 is 10.2 Å². The van der Waals surface area contributed by atoms with Crippen molar-refractivity contribution >= 4 is 23.6 Å². The quantitative estimate of drug-likeness (QED) is 0.835. The SMILES string of the molecule is CSc1ccc(CNC(=O)C2CCN(c3nccc(C)n3)CC2)cc1. The van der Waals surface area contributed by atoms with Gasteiger partial charge < -0.3 is 10.2 Å². The molecule has 1 aliphatic rings. The molecule has 0 radical (unpaired) electrons. The first-order chi connectivity index (χ1) is 12.2. The van der Waals surface area contributed by atoms with E-state index >= 15 is 0 Å². The average Bonchev–Trinajstić information content (AvgIpc) is 2.66. The van der Waals surface area contributed by atoms with Crippen molar-refractivity contribution in [3.8, 4) is 0 Å². The first-order valence-corrected chi connectivity index (χ1v) is 9.83. The van der Waals surface area contributed by atoms with Crippen LogP contribution in [0, 0.1) is 12.8 Å². The minimum Gasteiger partial charge on any atom is -0.352 e. The van der Waals surface area contributed by atoms with E-state index in [0.717, 1.165) is 43.1 Å². The minimum atomic E-state index is 0.0755. The first kappa shape index (κ1) is 17.7. The lowest BCUT2D eigenvalue weighted by Crippen LogP contribution is -2.41. The van der Waals surface area contributed by atoms with Gasteiger partial charge >= 0.3 is 0 Å². The summed E-state index contributed by atoms with van der Waals surface area (Å²) < 4.78 is 0. The van der Waals surface area contributed by atoms with Crippen molar-refractivity contribution in [3.63, 3.8) is 0 Å². The smallest absolute Gasteiger partial charge is 0.225 e. The van der Waals surface area contributed by atoms with Crippen LogP contribution in [0.3, 0.4) is 0 Å². The number of hydrogen-bond acceptors (Lipinski definition) is 5. The maximum absolute atomic E-state index is 12.4. The van der Waals surface area contributed by atoms with Crippen LogP contribution >= 0.6 is 11.8 Å². The Morgan fingerprint density at radius 3 is 2.60 bits per heavy atom. The van der Waals surface area contributed by atoms with Crippen molar-refractivity contribution in [2.24, 2.45) is 5.92 Å². The predicted octanol–water partition coefficient (Wildman–Crippen LogP) is 3.04. The zero-order chi connectivity index (χ0) is 17.6. The first-order valence-electron chi connectivity index (χ1n) is 8.61. The van der Waals surface area contributed by atoms with Crippen molar-refractivity contribution < 1.29 is 4.79 Å². The second-order valence-electron chi connectivity index (χ2n) is 6.33. The van der Waals surface area contributed by atoms with Gasteiger partial charge in [-0.3, -0.25) is 4.79 Å². The number of aromatic nitrogens is 2. The topological polar surface area (TPSA) is 58.1 Å². The number of aryl methyl sites for hydroxylation is 1. The summed E-state index contributed by atoms with van der Waals surface area (Å²) >= 11 is 1.72. The summed E-state index contributed by atoms with van der Waals surface area (Å²) in [4.78, 5) is 24.6. The maximum Gasteiger partial charge on any atom is 0.225 e. The third-order valence-corrected chi connectivity index (χ3v) is 5.30. The van der Waals surface area contributed by atoms with Crippen LogP contribution in [0.2, 0.25) is 0 Å². The highest BCUT2D eigenvalue weighted by molar-refractivity contribution is 7.98. The lowest BCUT2D eigenvalue weighted by atomic mass is 9.96. The van der Waals surface area contributed by atoms with Crippen LogP contribution in [0.15, 0.2) is 41.4 Å². The summed E-state index contributed by atoms with van der Waals surface area (Å²) in [7, 11) is 0. The number of piperidine rings is 1. The summed E-state index contributed by atoms with van der Waals surface area (Å²) in [6.45, 7) is 4.21. The van der Waals surface area contributed by atoms with Crippen molar-refractivity contribution in [2.75, 3.05) is 24.2 Å². The molecule has 6 heteroatoms. The van der Waals surface area contributed by atoms with E-state index in [1.54, 1.807) is 18.0 Å². The molecule has 0 unspecified atom stereocenters. The predicted molar refractivity (Wildman–Crippen MR) is 102 cm³/mol. The largest absolute Gasteiger partial charge is 0.352 e. The normalized spacial score (nSPS) is 15.2. The van der Waals surface area contributed by atoms with E-state index in [-0.39, 0.29) is 11.8 Å². The van der Waals surface area contributed by atoms with Gasteiger partial charge in [-0.25, -0.2) is 9.97 Å². The fourth-order valence-electron chi connectivity index (χ4n) is 3.01. The van der Waals surface area contributed by atoms with Crippen molar-refractivity contribution in [2.45, 2.75) is 31.2 Å². The van der Waals surface area contributed by atoms with Gasteiger partial charge in [0.15, 0.2) is 0 Å². The molecule has 5 nitrogen and oxygen atoms in total. The van der Waals surface area contributed by atoms with E-state index < -0.39 is 0 Å². The number of rotatable bonds is 5. The summed E-state index contributed by atoms with van der Waals surface area (Å²) in [6.07, 6.45) is 5.53. The zero-order valence-electron chi connectivity index (χ0n) is 14.7. The highest BCUT2D eigenvalue weighted by Gasteiger charge is 2.25.